The number of thiophene rings is 1. The zero-order chi connectivity index (χ0) is 16.3. The van der Waals surface area contributed by atoms with Gasteiger partial charge in [-0.2, -0.15) is 0 Å². The summed E-state index contributed by atoms with van der Waals surface area (Å²) in [6, 6.07) is 13.7. The molecular weight excluding hydrogens is 330 g/mol. The summed E-state index contributed by atoms with van der Waals surface area (Å²) in [5.41, 5.74) is 1.38. The molecule has 1 aliphatic rings. The number of ketones is 1. The first-order valence-corrected chi connectivity index (χ1v) is 8.89. The molecule has 0 radical (unpaired) electrons. The Hall–Kier alpha value is -1.65. The van der Waals surface area contributed by atoms with E-state index in [0.717, 1.165) is 12.8 Å². The first-order chi connectivity index (χ1) is 11.1. The molecule has 0 spiro atoms. The van der Waals surface area contributed by atoms with Crippen LogP contribution in [0.3, 0.4) is 0 Å². The van der Waals surface area contributed by atoms with E-state index >= 15 is 0 Å². The second-order valence-corrected chi connectivity index (χ2v) is 7.67. The Morgan fingerprint density at radius 3 is 2.43 bits per heavy atom. The fourth-order valence-electron chi connectivity index (χ4n) is 2.68. The van der Waals surface area contributed by atoms with Crippen LogP contribution in [0.2, 0.25) is 4.34 Å². The number of hydrogen-bond acceptors (Lipinski definition) is 3. The van der Waals surface area contributed by atoms with Gasteiger partial charge in [0.25, 0.3) is 0 Å². The van der Waals surface area contributed by atoms with Crippen LogP contribution < -0.4 is 5.32 Å². The predicted octanol–water partition coefficient (Wildman–Crippen LogP) is 4.21. The lowest BCUT2D eigenvalue weighted by Gasteiger charge is -2.16. The van der Waals surface area contributed by atoms with E-state index in [2.05, 4.69) is 17.4 Å². The number of rotatable bonds is 7. The van der Waals surface area contributed by atoms with Gasteiger partial charge in [0, 0.05) is 24.8 Å². The van der Waals surface area contributed by atoms with Crippen molar-refractivity contribution in [3.8, 4) is 0 Å². The molecule has 1 aliphatic carbocycles. The summed E-state index contributed by atoms with van der Waals surface area (Å²) in [6.07, 6.45) is 2.65. The molecule has 3 nitrogen and oxygen atoms in total. The van der Waals surface area contributed by atoms with Crippen molar-refractivity contribution in [2.24, 2.45) is 0 Å². The van der Waals surface area contributed by atoms with Crippen molar-refractivity contribution in [3.05, 3.63) is 57.2 Å². The van der Waals surface area contributed by atoms with Gasteiger partial charge in [-0.1, -0.05) is 41.9 Å². The Kier molecular flexibility index (Phi) is 4.83. The highest BCUT2D eigenvalue weighted by atomic mass is 35.5. The van der Waals surface area contributed by atoms with E-state index in [4.69, 9.17) is 11.6 Å². The molecule has 0 aliphatic heterocycles. The Bertz CT molecular complexity index is 707. The number of amides is 1. The molecule has 0 atom stereocenters. The van der Waals surface area contributed by atoms with Crippen molar-refractivity contribution >= 4 is 34.6 Å². The molecule has 0 bridgehead atoms. The fourth-order valence-corrected chi connectivity index (χ4v) is 3.69. The van der Waals surface area contributed by atoms with Gasteiger partial charge >= 0.3 is 0 Å². The van der Waals surface area contributed by atoms with Gasteiger partial charge < -0.3 is 5.32 Å². The van der Waals surface area contributed by atoms with E-state index in [1.165, 1.54) is 16.9 Å². The van der Waals surface area contributed by atoms with E-state index in [9.17, 15) is 9.59 Å². The molecule has 0 saturated heterocycles. The number of carbonyl (C=O) groups excluding carboxylic acids is 2. The van der Waals surface area contributed by atoms with Crippen molar-refractivity contribution in [3.63, 3.8) is 0 Å². The second kappa shape index (κ2) is 6.85. The molecule has 1 N–H and O–H groups in total. The van der Waals surface area contributed by atoms with Crippen LogP contribution in [-0.4, -0.2) is 18.2 Å². The molecule has 3 rings (SSSR count). The lowest BCUT2D eigenvalue weighted by molar-refractivity contribution is -0.121. The summed E-state index contributed by atoms with van der Waals surface area (Å²) in [4.78, 5) is 24.6. The van der Waals surface area contributed by atoms with Gasteiger partial charge in [-0.15, -0.1) is 11.3 Å². The molecule has 23 heavy (non-hydrogen) atoms. The van der Waals surface area contributed by atoms with Crippen LogP contribution in [-0.2, 0) is 10.2 Å². The summed E-state index contributed by atoms with van der Waals surface area (Å²) in [7, 11) is 0. The summed E-state index contributed by atoms with van der Waals surface area (Å²) < 4.78 is 0.594. The number of carbonyl (C=O) groups is 2. The zero-order valence-corrected chi connectivity index (χ0v) is 14.3. The first-order valence-electron chi connectivity index (χ1n) is 7.70. The van der Waals surface area contributed by atoms with Gasteiger partial charge in [0.1, 0.15) is 0 Å². The Morgan fingerprint density at radius 1 is 1.09 bits per heavy atom. The smallest absolute Gasteiger partial charge is 0.220 e. The monoisotopic (exact) mass is 347 g/mol. The highest BCUT2D eigenvalue weighted by Gasteiger charge is 2.44. The molecule has 1 saturated carbocycles. The van der Waals surface area contributed by atoms with Gasteiger partial charge in [-0.25, -0.2) is 0 Å². The standard InChI is InChI=1S/C18H18ClNO2S/c19-16-8-7-15(23-16)14(21)6-9-17(22)20-12-18(10-11-18)13-4-2-1-3-5-13/h1-5,7-8H,6,9-12H2,(H,20,22). The van der Waals surface area contributed by atoms with E-state index in [-0.39, 0.29) is 29.9 Å². The minimum atomic E-state index is -0.0665. The van der Waals surface area contributed by atoms with Crippen LogP contribution in [0.15, 0.2) is 42.5 Å². The summed E-state index contributed by atoms with van der Waals surface area (Å²) in [6.45, 7) is 0.648. The van der Waals surface area contributed by atoms with Crippen molar-refractivity contribution < 1.29 is 9.59 Å². The normalized spacial score (nSPS) is 15.2. The molecule has 0 unspecified atom stereocenters. The maximum atomic E-state index is 12.0. The average Bonchev–Trinajstić information content (AvgIpc) is 3.25. The summed E-state index contributed by atoms with van der Waals surface area (Å²) in [5, 5.41) is 2.98. The van der Waals surface area contributed by atoms with Crippen LogP contribution in [0, 0.1) is 0 Å². The molecule has 1 heterocycles. The Morgan fingerprint density at radius 2 is 1.83 bits per heavy atom. The number of Topliss-reactive ketones (excluding diaryl/α,β-unsaturated/α-hetero) is 1. The van der Waals surface area contributed by atoms with Gasteiger partial charge in [0.05, 0.1) is 9.21 Å². The van der Waals surface area contributed by atoms with Crippen LogP contribution in [0.25, 0.3) is 0 Å². The van der Waals surface area contributed by atoms with Gasteiger partial charge in [-0.3, -0.25) is 9.59 Å². The van der Waals surface area contributed by atoms with E-state index in [0.29, 0.717) is 15.8 Å². The quantitative estimate of drug-likeness (QED) is 0.762. The third kappa shape index (κ3) is 4.01. The summed E-state index contributed by atoms with van der Waals surface area (Å²) in [5.74, 6) is -0.0931. The fraction of sp³-hybridized carbons (Fsp3) is 0.333. The SMILES string of the molecule is O=C(CCC(=O)c1ccc(Cl)s1)NCC1(c2ccccc2)CC1. The van der Waals surface area contributed by atoms with Gasteiger partial charge in [-0.05, 0) is 30.5 Å². The van der Waals surface area contributed by atoms with Crippen molar-refractivity contribution in [2.45, 2.75) is 31.1 Å². The maximum absolute atomic E-state index is 12.0. The Labute approximate surface area is 144 Å². The van der Waals surface area contributed by atoms with Crippen LogP contribution in [0.4, 0.5) is 0 Å². The van der Waals surface area contributed by atoms with E-state index < -0.39 is 0 Å². The molecule has 1 aromatic heterocycles. The summed E-state index contributed by atoms with van der Waals surface area (Å²) >= 11 is 7.08. The Balaban J connectivity index is 1.46. The van der Waals surface area contributed by atoms with Crippen molar-refractivity contribution in [2.75, 3.05) is 6.54 Å². The number of halogens is 1. The van der Waals surface area contributed by atoms with E-state index in [1.54, 1.807) is 12.1 Å². The molecule has 120 valence electrons. The number of hydrogen-bond donors (Lipinski definition) is 1. The third-order valence-corrected chi connectivity index (χ3v) is 5.56. The second-order valence-electron chi connectivity index (χ2n) is 5.95. The molecular formula is C18H18ClNO2S. The van der Waals surface area contributed by atoms with Crippen LogP contribution in [0.1, 0.15) is 40.9 Å². The highest BCUT2D eigenvalue weighted by molar-refractivity contribution is 7.18. The molecule has 2 aromatic rings. The average molecular weight is 348 g/mol. The van der Waals surface area contributed by atoms with Gasteiger partial charge in [0.15, 0.2) is 5.78 Å². The third-order valence-electron chi connectivity index (χ3n) is 4.29. The van der Waals surface area contributed by atoms with Crippen molar-refractivity contribution in [1.82, 2.24) is 5.32 Å². The highest BCUT2D eigenvalue weighted by Crippen LogP contribution is 2.47. The predicted molar refractivity (Wildman–Crippen MR) is 93.3 cm³/mol. The zero-order valence-electron chi connectivity index (χ0n) is 12.7. The number of nitrogens with one attached hydrogen (secondary N) is 1. The minimum Gasteiger partial charge on any atom is -0.355 e. The van der Waals surface area contributed by atoms with Crippen LogP contribution >= 0.6 is 22.9 Å². The number of benzene rings is 1. The van der Waals surface area contributed by atoms with Crippen molar-refractivity contribution in [1.29, 1.82) is 0 Å². The van der Waals surface area contributed by atoms with E-state index in [1.807, 2.05) is 18.2 Å². The largest absolute Gasteiger partial charge is 0.355 e. The van der Waals surface area contributed by atoms with Gasteiger partial charge in [0.2, 0.25) is 5.91 Å². The molecule has 1 aromatic carbocycles. The topological polar surface area (TPSA) is 46.2 Å². The van der Waals surface area contributed by atoms with Crippen LogP contribution in [0.5, 0.6) is 0 Å². The lowest BCUT2D eigenvalue weighted by Crippen LogP contribution is -2.32. The molecule has 5 heteroatoms. The lowest BCUT2D eigenvalue weighted by atomic mass is 9.96. The molecule has 1 amide bonds. The maximum Gasteiger partial charge on any atom is 0.220 e. The minimum absolute atomic E-state index is 0.0266. The first kappa shape index (κ1) is 16.2. The molecule has 1 fully saturated rings.